The van der Waals surface area contributed by atoms with Gasteiger partial charge in [0.05, 0.1) is 31.2 Å². The zero-order valence-electron chi connectivity index (χ0n) is 32.1. The average Bonchev–Trinajstić information content (AvgIpc) is 3.70. The van der Waals surface area contributed by atoms with Gasteiger partial charge >= 0.3 is 12.0 Å². The van der Waals surface area contributed by atoms with E-state index in [0.717, 1.165) is 43.2 Å². The van der Waals surface area contributed by atoms with Crippen molar-refractivity contribution < 1.29 is 33.8 Å². The number of ether oxygens (including phenoxy) is 2. The van der Waals surface area contributed by atoms with Gasteiger partial charge in [-0.3, -0.25) is 19.3 Å². The summed E-state index contributed by atoms with van der Waals surface area (Å²) in [5.41, 5.74) is 7.47. The molecule has 0 unspecified atom stereocenters. The van der Waals surface area contributed by atoms with E-state index < -0.39 is 53.5 Å². The van der Waals surface area contributed by atoms with Crippen molar-refractivity contribution in [3.05, 3.63) is 131 Å². The number of esters is 1. The number of nitrogens with two attached hydrogens (primary N) is 1. The van der Waals surface area contributed by atoms with Crippen LogP contribution in [0.15, 0.2) is 103 Å². The van der Waals surface area contributed by atoms with Gasteiger partial charge in [0.25, 0.3) is 0 Å². The minimum Gasteiger partial charge on any atom is -0.491 e. The molecule has 58 heavy (non-hydrogen) atoms. The number of carbonyl (C=O) groups excluding carboxylic acids is 4. The standard InChI is InChI=1S/C46H47N5O7/c47-45(56)48-23-13-14-30-21-22-36-35(28-30)46(44(55)49-36)37(42(53)50-24-10-2-1-3-11-25-50)39-43(54)58-40(32-17-8-5-9-18-32)38(31-15-6-4-7-16-31)51(39)41(46)33-19-12-20-34(29-33)57-27-26-52/h4-9,12,15-22,28-29,37-41,52H,1-3,10-11,23-27H2,(H,49,55)(H3,47,48,56)/t37-,38-,39-,40+,41+,46-/m0/s1. The smallest absolute Gasteiger partial charge is 0.324 e. The molecule has 3 saturated heterocycles. The van der Waals surface area contributed by atoms with Crippen LogP contribution in [0.3, 0.4) is 0 Å². The van der Waals surface area contributed by atoms with Gasteiger partial charge in [-0.1, -0.05) is 104 Å². The number of aliphatic hydroxyl groups is 1. The van der Waals surface area contributed by atoms with Gasteiger partial charge in [-0.2, -0.15) is 0 Å². The molecule has 0 saturated carbocycles. The van der Waals surface area contributed by atoms with Crippen molar-refractivity contribution in [2.75, 3.05) is 38.2 Å². The number of primary amides is 1. The van der Waals surface area contributed by atoms with Crippen LogP contribution < -0.4 is 21.1 Å². The van der Waals surface area contributed by atoms with Crippen molar-refractivity contribution in [2.45, 2.75) is 61.7 Å². The number of hydrogen-bond acceptors (Lipinski definition) is 8. The maximum Gasteiger partial charge on any atom is 0.324 e. The molecule has 4 aromatic rings. The maximum absolute atomic E-state index is 15.7. The van der Waals surface area contributed by atoms with E-state index in [-0.39, 0.29) is 25.7 Å². The summed E-state index contributed by atoms with van der Waals surface area (Å²) in [6, 6.07) is 28.6. The summed E-state index contributed by atoms with van der Waals surface area (Å²) in [7, 11) is 0. The SMILES string of the molecule is NC(=O)NCC#Cc1ccc2c(c1)[C@]1(C(=O)N2)[C@H](C(=O)N2CCCCCCC2)[C@H]2C(=O)O[C@H](c3ccccc3)[C@H](c3ccccc3)N2[C@@H]1c1cccc(OCCO)c1. The summed E-state index contributed by atoms with van der Waals surface area (Å²) in [5.74, 6) is 4.00. The zero-order chi connectivity index (χ0) is 40.2. The summed E-state index contributed by atoms with van der Waals surface area (Å²) in [4.78, 5) is 61.6. The fourth-order valence-corrected chi connectivity index (χ4v) is 9.53. The van der Waals surface area contributed by atoms with E-state index in [4.69, 9.17) is 15.2 Å². The minimum atomic E-state index is -1.67. The van der Waals surface area contributed by atoms with Crippen LogP contribution in [0.2, 0.25) is 0 Å². The second-order valence-corrected chi connectivity index (χ2v) is 15.2. The third-order valence-corrected chi connectivity index (χ3v) is 11.9. The fourth-order valence-electron chi connectivity index (χ4n) is 9.53. The summed E-state index contributed by atoms with van der Waals surface area (Å²) in [6.45, 7) is 0.864. The van der Waals surface area contributed by atoms with Crippen LogP contribution in [0.4, 0.5) is 10.5 Å². The lowest BCUT2D eigenvalue weighted by molar-refractivity contribution is -0.179. The molecular formula is C46H47N5O7. The number of cyclic esters (lactones) is 1. The molecule has 0 aromatic heterocycles. The number of benzene rings is 4. The summed E-state index contributed by atoms with van der Waals surface area (Å²) < 4.78 is 12.5. The molecule has 4 heterocycles. The Labute approximate surface area is 337 Å². The Hall–Kier alpha value is -6.16. The van der Waals surface area contributed by atoms with Gasteiger partial charge in [0.15, 0.2) is 0 Å². The van der Waals surface area contributed by atoms with Crippen LogP contribution in [0, 0.1) is 17.8 Å². The molecule has 4 amide bonds. The first kappa shape index (κ1) is 38.7. The van der Waals surface area contributed by atoms with Crippen LogP contribution in [-0.2, 0) is 24.5 Å². The van der Waals surface area contributed by atoms with E-state index in [2.05, 4.69) is 27.4 Å². The molecule has 12 heteroatoms. The molecule has 4 aliphatic heterocycles. The number of morpholine rings is 1. The molecule has 12 nitrogen and oxygen atoms in total. The second-order valence-electron chi connectivity index (χ2n) is 15.2. The Morgan fingerprint density at radius 1 is 0.862 bits per heavy atom. The first-order valence-corrected chi connectivity index (χ1v) is 20.0. The highest BCUT2D eigenvalue weighted by atomic mass is 16.6. The lowest BCUT2D eigenvalue weighted by Crippen LogP contribution is -2.55. The highest BCUT2D eigenvalue weighted by Crippen LogP contribution is 2.65. The van der Waals surface area contributed by atoms with Crippen LogP contribution in [0.1, 0.15) is 78.1 Å². The van der Waals surface area contributed by atoms with Crippen LogP contribution in [-0.4, -0.2) is 77.6 Å². The lowest BCUT2D eigenvalue weighted by Gasteiger charge is -2.46. The number of nitrogens with zero attached hydrogens (tertiary/aromatic N) is 2. The summed E-state index contributed by atoms with van der Waals surface area (Å²) in [6.07, 6.45) is 3.86. The van der Waals surface area contributed by atoms with Crippen molar-refractivity contribution in [3.8, 4) is 17.6 Å². The fraction of sp³-hybridized carbons (Fsp3) is 0.348. The second kappa shape index (κ2) is 16.7. The van der Waals surface area contributed by atoms with Crippen molar-refractivity contribution in [3.63, 3.8) is 0 Å². The van der Waals surface area contributed by atoms with Crippen molar-refractivity contribution in [1.82, 2.24) is 15.1 Å². The predicted molar refractivity (Wildman–Crippen MR) is 216 cm³/mol. The molecule has 4 aromatic carbocycles. The quantitative estimate of drug-likeness (QED) is 0.141. The van der Waals surface area contributed by atoms with Crippen molar-refractivity contribution in [2.24, 2.45) is 11.7 Å². The van der Waals surface area contributed by atoms with E-state index in [1.807, 2.05) is 89.8 Å². The number of likely N-dealkylation sites (tertiary alicyclic amines) is 1. The van der Waals surface area contributed by atoms with E-state index in [0.29, 0.717) is 41.2 Å². The summed E-state index contributed by atoms with van der Waals surface area (Å²) in [5, 5.41) is 15.3. The third-order valence-electron chi connectivity index (χ3n) is 11.9. The molecule has 3 fully saturated rings. The monoisotopic (exact) mass is 781 g/mol. The van der Waals surface area contributed by atoms with Gasteiger partial charge < -0.3 is 35.8 Å². The summed E-state index contributed by atoms with van der Waals surface area (Å²) >= 11 is 0. The number of rotatable bonds is 8. The number of amides is 4. The Balaban J connectivity index is 1.42. The number of anilines is 1. The number of hydrogen-bond donors (Lipinski definition) is 4. The normalized spacial score (nSPS) is 25.3. The molecule has 8 rings (SSSR count). The molecule has 0 radical (unpaired) electrons. The Kier molecular flexibility index (Phi) is 11.2. The van der Waals surface area contributed by atoms with E-state index in [1.54, 1.807) is 18.2 Å². The van der Waals surface area contributed by atoms with Gasteiger partial charge in [0.1, 0.15) is 29.9 Å². The molecule has 0 aliphatic carbocycles. The van der Waals surface area contributed by atoms with E-state index in [1.165, 1.54) is 0 Å². The Morgan fingerprint density at radius 2 is 1.55 bits per heavy atom. The number of fused-ring (bicyclic) bond motifs is 3. The molecule has 0 bridgehead atoms. The van der Waals surface area contributed by atoms with Crippen LogP contribution in [0.25, 0.3) is 0 Å². The van der Waals surface area contributed by atoms with Gasteiger partial charge in [0.2, 0.25) is 11.8 Å². The van der Waals surface area contributed by atoms with Gasteiger partial charge in [-0.25, -0.2) is 4.79 Å². The van der Waals surface area contributed by atoms with E-state index in [9.17, 15) is 9.90 Å². The maximum atomic E-state index is 15.7. The molecule has 298 valence electrons. The van der Waals surface area contributed by atoms with Gasteiger partial charge in [-0.15, -0.1) is 0 Å². The number of aliphatic hydroxyl groups excluding tert-OH is 1. The lowest BCUT2D eigenvalue weighted by atomic mass is 9.65. The third kappa shape index (κ3) is 7.05. The minimum absolute atomic E-state index is 0.00932. The molecule has 1 spiro atoms. The first-order chi connectivity index (χ1) is 28.3. The van der Waals surface area contributed by atoms with Gasteiger partial charge in [-0.05, 0) is 65.4 Å². The largest absolute Gasteiger partial charge is 0.491 e. The molecule has 4 aliphatic rings. The van der Waals surface area contributed by atoms with Crippen LogP contribution >= 0.6 is 0 Å². The first-order valence-electron chi connectivity index (χ1n) is 20.0. The van der Waals surface area contributed by atoms with Crippen LogP contribution in [0.5, 0.6) is 5.75 Å². The van der Waals surface area contributed by atoms with E-state index >= 15 is 14.4 Å². The highest BCUT2D eigenvalue weighted by Gasteiger charge is 2.74. The number of urea groups is 1. The molecule has 6 atom stereocenters. The highest BCUT2D eigenvalue weighted by molar-refractivity contribution is 6.12. The Bertz CT molecular complexity index is 2230. The zero-order valence-corrected chi connectivity index (χ0v) is 32.1. The van der Waals surface area contributed by atoms with Crippen molar-refractivity contribution >= 4 is 29.5 Å². The van der Waals surface area contributed by atoms with Gasteiger partial charge in [0, 0.05) is 24.3 Å². The Morgan fingerprint density at radius 3 is 2.26 bits per heavy atom. The number of nitrogens with one attached hydrogen (secondary N) is 2. The number of carbonyl (C=O) groups is 4. The molecule has 5 N–H and O–H groups in total. The predicted octanol–water partition coefficient (Wildman–Crippen LogP) is 5.14. The topological polar surface area (TPSA) is 164 Å². The average molecular weight is 782 g/mol. The van der Waals surface area contributed by atoms with Crippen molar-refractivity contribution in [1.29, 1.82) is 0 Å². The molecular weight excluding hydrogens is 735 g/mol.